The number of Topliss-reactive ketones (excluding diaryl/α,β-unsaturated/α-hetero) is 1. The average molecular weight is 350 g/mol. The molecule has 5 nitrogen and oxygen atoms in total. The van der Waals surface area contributed by atoms with Crippen molar-refractivity contribution >= 4 is 11.7 Å². The number of pyridine rings is 1. The normalized spacial score (nSPS) is 18.4. The molecule has 2 aromatic rings. The van der Waals surface area contributed by atoms with Crippen molar-refractivity contribution in [2.45, 2.75) is 38.7 Å². The molecule has 1 aromatic carbocycles. The number of ether oxygens (including phenoxy) is 1. The van der Waals surface area contributed by atoms with Crippen molar-refractivity contribution in [2.75, 3.05) is 13.1 Å². The van der Waals surface area contributed by atoms with Crippen LogP contribution in [0.3, 0.4) is 0 Å². The second-order valence-electron chi connectivity index (χ2n) is 7.37. The van der Waals surface area contributed by atoms with E-state index in [0.29, 0.717) is 43.7 Å². The van der Waals surface area contributed by atoms with Crippen LogP contribution >= 0.6 is 0 Å². The Kier molecular flexibility index (Phi) is 4.02. The number of fused-ring (bicyclic) bond motifs is 1. The van der Waals surface area contributed by atoms with E-state index in [2.05, 4.69) is 4.98 Å². The zero-order chi connectivity index (χ0) is 18.3. The first-order valence-corrected chi connectivity index (χ1v) is 9.00. The van der Waals surface area contributed by atoms with Gasteiger partial charge in [0.15, 0.2) is 5.78 Å². The number of benzene rings is 1. The Bertz CT molecular complexity index is 868. The minimum absolute atomic E-state index is 0.0119. The number of hydrogen-bond donors (Lipinski definition) is 0. The predicted octanol–water partition coefficient (Wildman–Crippen LogP) is 3.34. The molecule has 2 aliphatic rings. The van der Waals surface area contributed by atoms with Crippen molar-refractivity contribution in [3.8, 4) is 5.75 Å². The Morgan fingerprint density at radius 2 is 2.00 bits per heavy atom. The number of amides is 1. The number of carbonyl (C=O) groups is 2. The number of rotatable bonds is 1. The summed E-state index contributed by atoms with van der Waals surface area (Å²) in [6.07, 6.45) is 4.97. The summed E-state index contributed by atoms with van der Waals surface area (Å²) in [5.41, 5.74) is 2.89. The van der Waals surface area contributed by atoms with Gasteiger partial charge < -0.3 is 9.64 Å². The van der Waals surface area contributed by atoms with Crippen LogP contribution in [0.1, 0.15) is 51.1 Å². The second kappa shape index (κ2) is 6.24. The lowest BCUT2D eigenvalue weighted by molar-refractivity contribution is -0.00581. The Hall–Kier alpha value is -2.69. The van der Waals surface area contributed by atoms with Gasteiger partial charge in [0.1, 0.15) is 11.4 Å². The molecule has 2 aliphatic heterocycles. The van der Waals surface area contributed by atoms with Crippen molar-refractivity contribution in [2.24, 2.45) is 0 Å². The van der Waals surface area contributed by atoms with Gasteiger partial charge in [-0.05, 0) is 43.2 Å². The van der Waals surface area contributed by atoms with Gasteiger partial charge in [0.05, 0.1) is 17.5 Å². The second-order valence-corrected chi connectivity index (χ2v) is 7.37. The first-order chi connectivity index (χ1) is 12.5. The molecule has 0 radical (unpaired) electrons. The number of nitrogens with zero attached hydrogens (tertiary/aromatic N) is 2. The van der Waals surface area contributed by atoms with Crippen LogP contribution in [0.5, 0.6) is 5.75 Å². The van der Waals surface area contributed by atoms with E-state index in [1.165, 1.54) is 0 Å². The van der Waals surface area contributed by atoms with E-state index in [4.69, 9.17) is 4.74 Å². The zero-order valence-corrected chi connectivity index (χ0v) is 15.1. The highest BCUT2D eigenvalue weighted by atomic mass is 16.5. The van der Waals surface area contributed by atoms with Gasteiger partial charge in [-0.3, -0.25) is 14.6 Å². The first kappa shape index (κ1) is 16.8. The third-order valence-corrected chi connectivity index (χ3v) is 5.40. The van der Waals surface area contributed by atoms with Crippen LogP contribution in [-0.4, -0.2) is 40.3 Å². The summed E-state index contributed by atoms with van der Waals surface area (Å²) in [4.78, 5) is 31.2. The van der Waals surface area contributed by atoms with Crippen molar-refractivity contribution in [3.05, 3.63) is 58.9 Å². The van der Waals surface area contributed by atoms with Gasteiger partial charge in [0, 0.05) is 38.3 Å². The van der Waals surface area contributed by atoms with Crippen LogP contribution in [0.25, 0.3) is 0 Å². The molecule has 134 valence electrons. The van der Waals surface area contributed by atoms with Crippen molar-refractivity contribution < 1.29 is 14.3 Å². The van der Waals surface area contributed by atoms with E-state index in [0.717, 1.165) is 16.7 Å². The number of hydrogen-bond acceptors (Lipinski definition) is 4. The first-order valence-electron chi connectivity index (χ1n) is 9.00. The molecule has 5 heteroatoms. The van der Waals surface area contributed by atoms with Crippen LogP contribution in [-0.2, 0) is 0 Å². The monoisotopic (exact) mass is 350 g/mol. The Labute approximate surface area is 153 Å². The molecule has 3 heterocycles. The molecule has 1 amide bonds. The van der Waals surface area contributed by atoms with E-state index in [1.807, 2.05) is 30.9 Å². The molecule has 0 unspecified atom stereocenters. The van der Waals surface area contributed by atoms with E-state index >= 15 is 0 Å². The van der Waals surface area contributed by atoms with Crippen molar-refractivity contribution in [1.82, 2.24) is 9.88 Å². The third kappa shape index (κ3) is 2.87. The van der Waals surface area contributed by atoms with Crippen LogP contribution in [0.2, 0.25) is 0 Å². The SMILES string of the molecule is Cc1cc(C)c2c(c1)OC1(CCN(C(=O)c3cccnc3)CC1)CC2=O. The van der Waals surface area contributed by atoms with Gasteiger partial charge in [-0.15, -0.1) is 0 Å². The minimum atomic E-state index is -0.490. The maximum absolute atomic E-state index is 12.8. The summed E-state index contributed by atoms with van der Waals surface area (Å²) in [6, 6.07) is 7.52. The van der Waals surface area contributed by atoms with Gasteiger partial charge in [0.2, 0.25) is 0 Å². The van der Waals surface area contributed by atoms with E-state index in [-0.39, 0.29) is 11.7 Å². The van der Waals surface area contributed by atoms with E-state index in [1.54, 1.807) is 24.5 Å². The minimum Gasteiger partial charge on any atom is -0.486 e. The Morgan fingerprint density at radius 1 is 1.23 bits per heavy atom. The quantitative estimate of drug-likeness (QED) is 0.791. The molecule has 4 rings (SSSR count). The third-order valence-electron chi connectivity index (χ3n) is 5.40. The molecular weight excluding hydrogens is 328 g/mol. The molecule has 0 N–H and O–H groups in total. The molecule has 0 bridgehead atoms. The lowest BCUT2D eigenvalue weighted by Gasteiger charge is -2.44. The molecule has 0 atom stereocenters. The molecule has 0 aliphatic carbocycles. The van der Waals surface area contributed by atoms with Crippen LogP contribution in [0, 0.1) is 13.8 Å². The lowest BCUT2D eigenvalue weighted by atomic mass is 9.81. The fourth-order valence-electron chi connectivity index (χ4n) is 4.08. The molecule has 26 heavy (non-hydrogen) atoms. The Morgan fingerprint density at radius 3 is 2.69 bits per heavy atom. The number of aromatic nitrogens is 1. The summed E-state index contributed by atoms with van der Waals surface area (Å²) < 4.78 is 6.36. The largest absolute Gasteiger partial charge is 0.486 e. The zero-order valence-electron chi connectivity index (χ0n) is 15.1. The van der Waals surface area contributed by atoms with Gasteiger partial charge in [0.25, 0.3) is 5.91 Å². The number of piperidine rings is 1. The van der Waals surface area contributed by atoms with E-state index < -0.39 is 5.60 Å². The maximum Gasteiger partial charge on any atom is 0.255 e. The van der Waals surface area contributed by atoms with Gasteiger partial charge >= 0.3 is 0 Å². The van der Waals surface area contributed by atoms with Gasteiger partial charge in [-0.1, -0.05) is 6.07 Å². The van der Waals surface area contributed by atoms with Crippen molar-refractivity contribution in [3.63, 3.8) is 0 Å². The van der Waals surface area contributed by atoms with Crippen LogP contribution in [0.15, 0.2) is 36.7 Å². The van der Waals surface area contributed by atoms with Gasteiger partial charge in [-0.2, -0.15) is 0 Å². The fourth-order valence-corrected chi connectivity index (χ4v) is 4.08. The smallest absolute Gasteiger partial charge is 0.255 e. The molecule has 1 fully saturated rings. The topological polar surface area (TPSA) is 59.5 Å². The number of ketones is 1. The Balaban J connectivity index is 1.52. The molecule has 1 saturated heterocycles. The number of aryl methyl sites for hydroxylation is 2. The summed E-state index contributed by atoms with van der Waals surface area (Å²) in [5, 5.41) is 0. The van der Waals surface area contributed by atoms with E-state index in [9.17, 15) is 9.59 Å². The van der Waals surface area contributed by atoms with Gasteiger partial charge in [-0.25, -0.2) is 0 Å². The predicted molar refractivity (Wildman–Crippen MR) is 97.6 cm³/mol. The number of likely N-dealkylation sites (tertiary alicyclic amines) is 1. The highest BCUT2D eigenvalue weighted by molar-refractivity contribution is 6.02. The molecule has 1 spiro atoms. The number of carbonyl (C=O) groups excluding carboxylic acids is 2. The highest BCUT2D eigenvalue weighted by Crippen LogP contribution is 2.41. The lowest BCUT2D eigenvalue weighted by Crippen LogP contribution is -2.52. The summed E-state index contributed by atoms with van der Waals surface area (Å²) in [7, 11) is 0. The maximum atomic E-state index is 12.8. The molecule has 0 saturated carbocycles. The average Bonchev–Trinajstić information content (AvgIpc) is 2.61. The van der Waals surface area contributed by atoms with Crippen LogP contribution in [0.4, 0.5) is 0 Å². The van der Waals surface area contributed by atoms with Crippen molar-refractivity contribution in [1.29, 1.82) is 0 Å². The summed E-state index contributed by atoms with van der Waals surface area (Å²) >= 11 is 0. The summed E-state index contributed by atoms with van der Waals surface area (Å²) in [6.45, 7) is 5.14. The molecular formula is C21H22N2O3. The molecule has 1 aromatic heterocycles. The summed E-state index contributed by atoms with van der Waals surface area (Å²) in [5.74, 6) is 0.837. The fraction of sp³-hybridized carbons (Fsp3) is 0.381. The standard InChI is InChI=1S/C21H22N2O3/c1-14-10-15(2)19-17(24)12-21(26-18(19)11-14)5-8-23(9-6-21)20(25)16-4-3-7-22-13-16/h3-4,7,10-11,13H,5-6,8-9,12H2,1-2H3. The highest BCUT2D eigenvalue weighted by Gasteiger charge is 2.44. The van der Waals surface area contributed by atoms with Crippen LogP contribution < -0.4 is 4.74 Å².